The summed E-state index contributed by atoms with van der Waals surface area (Å²) in [5, 5.41) is 4.87. The van der Waals surface area contributed by atoms with Gasteiger partial charge in [0.15, 0.2) is 0 Å². The zero-order valence-corrected chi connectivity index (χ0v) is 12.4. The van der Waals surface area contributed by atoms with Crippen LogP contribution in [0.5, 0.6) is 0 Å². The molecular weight excluding hydrogens is 280 g/mol. The van der Waals surface area contributed by atoms with Gasteiger partial charge in [-0.1, -0.05) is 30.3 Å². The summed E-state index contributed by atoms with van der Waals surface area (Å²) in [4.78, 5) is 17.3. The maximum atomic E-state index is 12.5. The van der Waals surface area contributed by atoms with Gasteiger partial charge in [0, 0.05) is 11.8 Å². The quantitative estimate of drug-likeness (QED) is 0.779. The number of carbonyl (C=O) groups is 1. The summed E-state index contributed by atoms with van der Waals surface area (Å²) in [6, 6.07) is 13.8. The molecule has 3 aromatic rings. The molecule has 0 saturated heterocycles. The molecule has 1 amide bonds. The van der Waals surface area contributed by atoms with E-state index in [0.717, 1.165) is 22.4 Å². The SMILES string of the molecule is Cc1ccncc1NC(=O)c1sccc1-c1ccccc1. The molecule has 0 unspecified atom stereocenters. The summed E-state index contributed by atoms with van der Waals surface area (Å²) in [6.45, 7) is 1.95. The molecule has 2 aromatic heterocycles. The first-order chi connectivity index (χ1) is 10.3. The Balaban J connectivity index is 1.90. The smallest absolute Gasteiger partial charge is 0.266 e. The van der Waals surface area contributed by atoms with E-state index in [1.807, 2.05) is 54.8 Å². The van der Waals surface area contributed by atoms with E-state index in [9.17, 15) is 4.79 Å². The van der Waals surface area contributed by atoms with Gasteiger partial charge in [0.2, 0.25) is 0 Å². The molecule has 3 rings (SSSR count). The van der Waals surface area contributed by atoms with E-state index >= 15 is 0 Å². The van der Waals surface area contributed by atoms with Crippen LogP contribution >= 0.6 is 11.3 Å². The Labute approximate surface area is 127 Å². The van der Waals surface area contributed by atoms with Gasteiger partial charge >= 0.3 is 0 Å². The lowest BCUT2D eigenvalue weighted by Gasteiger charge is -2.08. The molecular formula is C17H14N2OS. The van der Waals surface area contributed by atoms with Crippen molar-refractivity contribution in [1.82, 2.24) is 4.98 Å². The van der Waals surface area contributed by atoms with Crippen LogP contribution < -0.4 is 5.32 Å². The highest BCUT2D eigenvalue weighted by Crippen LogP contribution is 2.29. The van der Waals surface area contributed by atoms with Crippen LogP contribution in [-0.2, 0) is 0 Å². The normalized spacial score (nSPS) is 10.3. The minimum Gasteiger partial charge on any atom is -0.320 e. The van der Waals surface area contributed by atoms with Crippen molar-refractivity contribution in [2.75, 3.05) is 5.32 Å². The fourth-order valence-electron chi connectivity index (χ4n) is 2.10. The van der Waals surface area contributed by atoms with Crippen LogP contribution in [0.3, 0.4) is 0 Å². The first kappa shape index (κ1) is 13.5. The van der Waals surface area contributed by atoms with E-state index in [1.165, 1.54) is 11.3 Å². The summed E-state index contributed by atoms with van der Waals surface area (Å²) >= 11 is 1.45. The standard InChI is InChI=1S/C17H14N2OS/c1-12-7-9-18-11-15(12)19-17(20)16-14(8-10-21-16)13-5-3-2-4-6-13/h2-11H,1H3,(H,19,20). The summed E-state index contributed by atoms with van der Waals surface area (Å²) in [5.41, 5.74) is 3.75. The Bertz CT molecular complexity index is 765. The predicted molar refractivity (Wildman–Crippen MR) is 86.7 cm³/mol. The average Bonchev–Trinajstić information content (AvgIpc) is 3.00. The largest absolute Gasteiger partial charge is 0.320 e. The topological polar surface area (TPSA) is 42.0 Å². The molecule has 0 atom stereocenters. The second-order valence-corrected chi connectivity index (χ2v) is 5.59. The summed E-state index contributed by atoms with van der Waals surface area (Å²) < 4.78 is 0. The van der Waals surface area contributed by atoms with Gasteiger partial charge in [-0.2, -0.15) is 0 Å². The minimum absolute atomic E-state index is 0.0973. The lowest BCUT2D eigenvalue weighted by Crippen LogP contribution is -2.12. The number of carbonyl (C=O) groups excluding carboxylic acids is 1. The number of thiophene rings is 1. The molecule has 1 aromatic carbocycles. The molecule has 0 radical (unpaired) electrons. The van der Waals surface area contributed by atoms with Gasteiger partial charge in [-0.15, -0.1) is 11.3 Å². The number of nitrogens with one attached hydrogen (secondary N) is 1. The summed E-state index contributed by atoms with van der Waals surface area (Å²) in [5.74, 6) is -0.0973. The molecule has 21 heavy (non-hydrogen) atoms. The van der Waals surface area contributed by atoms with Gasteiger partial charge in [-0.3, -0.25) is 9.78 Å². The van der Waals surface area contributed by atoms with Crippen LogP contribution in [0, 0.1) is 6.92 Å². The zero-order valence-electron chi connectivity index (χ0n) is 11.5. The summed E-state index contributed by atoms with van der Waals surface area (Å²) in [6.07, 6.45) is 3.38. The molecule has 0 aliphatic rings. The van der Waals surface area contributed by atoms with Crippen LogP contribution in [-0.4, -0.2) is 10.9 Å². The molecule has 1 N–H and O–H groups in total. The first-order valence-corrected chi connectivity index (χ1v) is 7.48. The van der Waals surface area contributed by atoms with E-state index in [0.29, 0.717) is 4.88 Å². The zero-order chi connectivity index (χ0) is 14.7. The number of benzene rings is 1. The van der Waals surface area contributed by atoms with Crippen molar-refractivity contribution in [2.45, 2.75) is 6.92 Å². The predicted octanol–water partition coefficient (Wildman–Crippen LogP) is 4.37. The Morgan fingerprint density at radius 3 is 2.71 bits per heavy atom. The number of hydrogen-bond donors (Lipinski definition) is 1. The van der Waals surface area contributed by atoms with Crippen LogP contribution in [0.25, 0.3) is 11.1 Å². The minimum atomic E-state index is -0.0973. The number of amides is 1. The molecule has 0 aliphatic carbocycles. The molecule has 2 heterocycles. The second kappa shape index (κ2) is 5.89. The number of aromatic nitrogens is 1. The van der Waals surface area contributed by atoms with Gasteiger partial charge in [-0.05, 0) is 35.6 Å². The number of anilines is 1. The molecule has 3 nitrogen and oxygen atoms in total. The van der Waals surface area contributed by atoms with Crippen LogP contribution in [0.2, 0.25) is 0 Å². The fourth-order valence-corrected chi connectivity index (χ4v) is 2.92. The molecule has 0 fully saturated rings. The highest BCUT2D eigenvalue weighted by atomic mass is 32.1. The Morgan fingerprint density at radius 1 is 1.14 bits per heavy atom. The molecule has 104 valence electrons. The van der Waals surface area contributed by atoms with Crippen molar-refractivity contribution in [3.8, 4) is 11.1 Å². The van der Waals surface area contributed by atoms with Crippen molar-refractivity contribution in [3.05, 3.63) is 70.7 Å². The van der Waals surface area contributed by atoms with Gasteiger partial charge in [0.25, 0.3) is 5.91 Å². The molecule has 4 heteroatoms. The lowest BCUT2D eigenvalue weighted by molar-refractivity contribution is 0.103. The fraction of sp³-hybridized carbons (Fsp3) is 0.0588. The third-order valence-electron chi connectivity index (χ3n) is 3.24. The van der Waals surface area contributed by atoms with Crippen molar-refractivity contribution < 1.29 is 4.79 Å². The van der Waals surface area contributed by atoms with Gasteiger partial charge in [0.1, 0.15) is 0 Å². The number of nitrogens with zero attached hydrogens (tertiary/aromatic N) is 1. The summed E-state index contributed by atoms with van der Waals surface area (Å²) in [7, 11) is 0. The third-order valence-corrected chi connectivity index (χ3v) is 4.16. The van der Waals surface area contributed by atoms with Gasteiger partial charge < -0.3 is 5.32 Å². The Morgan fingerprint density at radius 2 is 1.95 bits per heavy atom. The second-order valence-electron chi connectivity index (χ2n) is 4.67. The van der Waals surface area contributed by atoms with Crippen LogP contribution in [0.1, 0.15) is 15.2 Å². The Kier molecular flexibility index (Phi) is 3.79. The third kappa shape index (κ3) is 2.85. The molecule has 0 spiro atoms. The van der Waals surface area contributed by atoms with Gasteiger partial charge in [0.05, 0.1) is 16.8 Å². The number of hydrogen-bond acceptors (Lipinski definition) is 3. The van der Waals surface area contributed by atoms with E-state index in [1.54, 1.807) is 12.4 Å². The number of aryl methyl sites for hydroxylation is 1. The average molecular weight is 294 g/mol. The van der Waals surface area contributed by atoms with Crippen molar-refractivity contribution >= 4 is 22.9 Å². The molecule has 0 aliphatic heterocycles. The molecule has 0 bridgehead atoms. The first-order valence-electron chi connectivity index (χ1n) is 6.60. The van der Waals surface area contributed by atoms with Crippen LogP contribution in [0.15, 0.2) is 60.2 Å². The highest BCUT2D eigenvalue weighted by Gasteiger charge is 2.15. The highest BCUT2D eigenvalue weighted by molar-refractivity contribution is 7.12. The van der Waals surface area contributed by atoms with E-state index in [2.05, 4.69) is 10.3 Å². The monoisotopic (exact) mass is 294 g/mol. The van der Waals surface area contributed by atoms with Crippen molar-refractivity contribution in [2.24, 2.45) is 0 Å². The van der Waals surface area contributed by atoms with E-state index in [-0.39, 0.29) is 5.91 Å². The van der Waals surface area contributed by atoms with E-state index in [4.69, 9.17) is 0 Å². The number of pyridine rings is 1. The number of rotatable bonds is 3. The Hall–Kier alpha value is -2.46. The maximum Gasteiger partial charge on any atom is 0.266 e. The lowest BCUT2D eigenvalue weighted by atomic mass is 10.1. The van der Waals surface area contributed by atoms with Crippen LogP contribution in [0.4, 0.5) is 5.69 Å². The molecule has 0 saturated carbocycles. The van der Waals surface area contributed by atoms with Gasteiger partial charge in [-0.25, -0.2) is 0 Å². The van der Waals surface area contributed by atoms with Crippen molar-refractivity contribution in [1.29, 1.82) is 0 Å². The maximum absolute atomic E-state index is 12.5. The van der Waals surface area contributed by atoms with Crippen molar-refractivity contribution in [3.63, 3.8) is 0 Å². The van der Waals surface area contributed by atoms with E-state index < -0.39 is 0 Å².